The van der Waals surface area contributed by atoms with Crippen molar-refractivity contribution in [2.24, 2.45) is 0 Å². The summed E-state index contributed by atoms with van der Waals surface area (Å²) in [6.07, 6.45) is -5.20. The summed E-state index contributed by atoms with van der Waals surface area (Å²) in [6.45, 7) is 3.79. The standard InChI is InChI=1S/C28H25F5O2/c1-15(2)20-13-22-25(21(34)14-27(35-22)11-12-27)23(16-5-9-19(29)10-6-16)24(20)26(30)17-3-7-18(8-4-17)28(31,32)33/h3-10,13,15,21,26,34H,11-12,14H2,1-2H3/t21-,26+/m0/s1. The highest BCUT2D eigenvalue weighted by molar-refractivity contribution is 5.78. The minimum atomic E-state index is -4.53. The largest absolute Gasteiger partial charge is 0.487 e. The van der Waals surface area contributed by atoms with Crippen molar-refractivity contribution in [1.29, 1.82) is 0 Å². The molecule has 0 radical (unpaired) electrons. The van der Waals surface area contributed by atoms with Gasteiger partial charge in [0.05, 0.1) is 11.7 Å². The van der Waals surface area contributed by atoms with Crippen molar-refractivity contribution in [1.82, 2.24) is 0 Å². The Morgan fingerprint density at radius 2 is 1.63 bits per heavy atom. The van der Waals surface area contributed by atoms with E-state index in [9.17, 15) is 22.7 Å². The van der Waals surface area contributed by atoms with E-state index in [1.54, 1.807) is 6.07 Å². The summed E-state index contributed by atoms with van der Waals surface area (Å²) in [4.78, 5) is 0. The molecule has 1 fully saturated rings. The van der Waals surface area contributed by atoms with Gasteiger partial charge < -0.3 is 9.84 Å². The lowest BCUT2D eigenvalue weighted by molar-refractivity contribution is -0.137. The normalized spacial score (nSPS) is 19.4. The van der Waals surface area contributed by atoms with E-state index >= 15 is 4.39 Å². The number of halogens is 5. The molecule has 35 heavy (non-hydrogen) atoms. The molecule has 0 unspecified atom stereocenters. The zero-order valence-electron chi connectivity index (χ0n) is 19.3. The summed E-state index contributed by atoms with van der Waals surface area (Å²) in [5.41, 5.74) is 1.01. The molecule has 1 aliphatic carbocycles. The average molecular weight is 488 g/mol. The quantitative estimate of drug-likeness (QED) is 0.377. The molecule has 2 atom stereocenters. The Labute approximate surface area is 200 Å². The molecule has 0 bridgehead atoms. The SMILES string of the molecule is CC(C)c1cc2c(c(-c3ccc(F)cc3)c1[C@H](F)c1ccc(C(F)(F)F)cc1)[C@@H](O)CC1(CC1)O2. The van der Waals surface area contributed by atoms with Crippen molar-refractivity contribution in [2.75, 3.05) is 0 Å². The van der Waals surface area contributed by atoms with E-state index in [4.69, 9.17) is 4.74 Å². The van der Waals surface area contributed by atoms with Gasteiger partial charge in [0.15, 0.2) is 6.17 Å². The van der Waals surface area contributed by atoms with E-state index in [0.29, 0.717) is 34.4 Å². The monoisotopic (exact) mass is 488 g/mol. The van der Waals surface area contributed by atoms with Crippen LogP contribution in [0.1, 0.15) is 79.1 Å². The van der Waals surface area contributed by atoms with E-state index in [0.717, 1.165) is 37.1 Å². The zero-order chi connectivity index (χ0) is 25.1. The maximum Gasteiger partial charge on any atom is 0.416 e. The fraction of sp³-hybridized carbons (Fsp3) is 0.357. The molecule has 3 aromatic carbocycles. The van der Waals surface area contributed by atoms with Crippen molar-refractivity contribution in [3.8, 4) is 16.9 Å². The van der Waals surface area contributed by atoms with Gasteiger partial charge in [-0.25, -0.2) is 8.78 Å². The molecular weight excluding hydrogens is 463 g/mol. The van der Waals surface area contributed by atoms with Crippen molar-refractivity contribution in [2.45, 2.75) is 63.1 Å². The lowest BCUT2D eigenvalue weighted by Gasteiger charge is -2.35. The third kappa shape index (κ3) is 4.31. The molecule has 0 amide bonds. The molecule has 1 spiro atoms. The molecule has 1 saturated carbocycles. The number of aliphatic hydroxyl groups excluding tert-OH is 1. The molecule has 1 N–H and O–H groups in total. The second-order valence-corrected chi connectivity index (χ2v) is 9.82. The van der Waals surface area contributed by atoms with Crippen LogP contribution < -0.4 is 4.74 Å². The number of hydrogen-bond acceptors (Lipinski definition) is 2. The van der Waals surface area contributed by atoms with Gasteiger partial charge in [0.1, 0.15) is 17.2 Å². The van der Waals surface area contributed by atoms with E-state index in [1.807, 2.05) is 13.8 Å². The highest BCUT2D eigenvalue weighted by Gasteiger charge is 2.51. The van der Waals surface area contributed by atoms with Crippen molar-refractivity contribution in [3.63, 3.8) is 0 Å². The fourth-order valence-corrected chi connectivity index (χ4v) is 4.99. The van der Waals surface area contributed by atoms with Crippen molar-refractivity contribution >= 4 is 0 Å². The molecule has 0 aromatic heterocycles. The Hall–Kier alpha value is -2.93. The van der Waals surface area contributed by atoms with Crippen molar-refractivity contribution < 1.29 is 31.8 Å². The van der Waals surface area contributed by atoms with E-state index < -0.39 is 35.4 Å². The number of hydrogen-bond donors (Lipinski definition) is 1. The minimum absolute atomic E-state index is 0.0630. The molecule has 1 aliphatic heterocycles. The molecule has 3 aromatic rings. The Kier molecular flexibility index (Phi) is 5.66. The summed E-state index contributed by atoms with van der Waals surface area (Å²) in [6, 6.07) is 11.3. The molecule has 5 rings (SSSR count). The topological polar surface area (TPSA) is 29.5 Å². The van der Waals surface area contributed by atoms with Crippen LogP contribution in [0, 0.1) is 5.82 Å². The van der Waals surface area contributed by atoms with Crippen LogP contribution in [0.2, 0.25) is 0 Å². The van der Waals surface area contributed by atoms with Crippen LogP contribution in [0.5, 0.6) is 5.75 Å². The zero-order valence-corrected chi connectivity index (χ0v) is 19.3. The smallest absolute Gasteiger partial charge is 0.416 e. The van der Waals surface area contributed by atoms with Crippen LogP contribution in [0.3, 0.4) is 0 Å². The Morgan fingerprint density at radius 3 is 2.17 bits per heavy atom. The van der Waals surface area contributed by atoms with Gasteiger partial charge in [0.2, 0.25) is 0 Å². The first-order valence-electron chi connectivity index (χ1n) is 11.6. The minimum Gasteiger partial charge on any atom is -0.487 e. The highest BCUT2D eigenvalue weighted by Crippen LogP contribution is 2.56. The molecule has 1 heterocycles. The van der Waals surface area contributed by atoms with Gasteiger partial charge in [-0.2, -0.15) is 13.2 Å². The van der Waals surface area contributed by atoms with Gasteiger partial charge in [-0.05, 0) is 71.3 Å². The van der Waals surface area contributed by atoms with Crippen LogP contribution in [0.15, 0.2) is 54.6 Å². The van der Waals surface area contributed by atoms with Crippen LogP contribution in [-0.2, 0) is 6.18 Å². The summed E-state index contributed by atoms with van der Waals surface area (Å²) in [7, 11) is 0. The molecule has 2 nitrogen and oxygen atoms in total. The number of rotatable bonds is 4. The lowest BCUT2D eigenvalue weighted by Crippen LogP contribution is -2.28. The van der Waals surface area contributed by atoms with Gasteiger partial charge in [-0.3, -0.25) is 0 Å². The second kappa shape index (κ2) is 8.33. The Morgan fingerprint density at radius 1 is 1.00 bits per heavy atom. The van der Waals surface area contributed by atoms with E-state index in [-0.39, 0.29) is 17.0 Å². The Balaban J connectivity index is 1.74. The number of fused-ring (bicyclic) bond motifs is 1. The van der Waals surface area contributed by atoms with Gasteiger partial charge in [0, 0.05) is 17.5 Å². The summed E-state index contributed by atoms with van der Waals surface area (Å²) >= 11 is 0. The maximum absolute atomic E-state index is 16.3. The highest BCUT2D eigenvalue weighted by atomic mass is 19.4. The average Bonchev–Trinajstić information content (AvgIpc) is 3.55. The van der Waals surface area contributed by atoms with Crippen LogP contribution in [-0.4, -0.2) is 10.7 Å². The Bertz CT molecular complexity index is 1240. The molecule has 0 saturated heterocycles. The number of alkyl halides is 4. The van der Waals surface area contributed by atoms with E-state index in [2.05, 4.69) is 0 Å². The van der Waals surface area contributed by atoms with E-state index in [1.165, 1.54) is 24.3 Å². The van der Waals surface area contributed by atoms with Crippen LogP contribution in [0.4, 0.5) is 22.0 Å². The first-order chi connectivity index (χ1) is 16.5. The molecule has 2 aliphatic rings. The summed E-state index contributed by atoms with van der Waals surface area (Å²) in [5, 5.41) is 11.2. The molecular formula is C28H25F5O2. The first kappa shape index (κ1) is 23.8. The van der Waals surface area contributed by atoms with Gasteiger partial charge >= 0.3 is 6.18 Å². The summed E-state index contributed by atoms with van der Waals surface area (Å²) < 4.78 is 75.6. The summed E-state index contributed by atoms with van der Waals surface area (Å²) in [5.74, 6) is -0.134. The maximum atomic E-state index is 16.3. The van der Waals surface area contributed by atoms with Gasteiger partial charge in [-0.1, -0.05) is 38.1 Å². The van der Waals surface area contributed by atoms with Gasteiger partial charge in [-0.15, -0.1) is 0 Å². The fourth-order valence-electron chi connectivity index (χ4n) is 4.99. The number of aliphatic hydroxyl groups is 1. The van der Waals surface area contributed by atoms with Crippen LogP contribution in [0.25, 0.3) is 11.1 Å². The van der Waals surface area contributed by atoms with Gasteiger partial charge in [0.25, 0.3) is 0 Å². The van der Waals surface area contributed by atoms with Crippen molar-refractivity contribution in [3.05, 3.63) is 88.2 Å². The number of ether oxygens (including phenoxy) is 1. The predicted octanol–water partition coefficient (Wildman–Crippen LogP) is 8.04. The predicted molar refractivity (Wildman–Crippen MR) is 122 cm³/mol. The van der Waals surface area contributed by atoms with Crippen LogP contribution >= 0.6 is 0 Å². The third-order valence-electron chi connectivity index (χ3n) is 6.97. The first-order valence-corrected chi connectivity index (χ1v) is 11.6. The second-order valence-electron chi connectivity index (χ2n) is 9.82. The number of benzene rings is 3. The molecule has 184 valence electrons. The lowest BCUT2D eigenvalue weighted by atomic mass is 9.79. The third-order valence-corrected chi connectivity index (χ3v) is 6.97. The molecule has 7 heteroatoms.